The molecule has 0 aromatic heterocycles. The molecule has 0 aliphatic rings. The standard InChI is InChI=1S/C16H15Cl3FN/c1-3-21-16(15-11(17)5-4-6-12(15)18)10-7-9(2)14(20)8-13(10)19/h4-8,16,21H,3H2,1-2H3. The van der Waals surface area contributed by atoms with Gasteiger partial charge in [-0.1, -0.05) is 47.8 Å². The zero-order chi connectivity index (χ0) is 15.6. The highest BCUT2D eigenvalue weighted by atomic mass is 35.5. The summed E-state index contributed by atoms with van der Waals surface area (Å²) in [5.41, 5.74) is 2.03. The Morgan fingerprint density at radius 1 is 1.10 bits per heavy atom. The van der Waals surface area contributed by atoms with Crippen molar-refractivity contribution in [2.45, 2.75) is 19.9 Å². The van der Waals surface area contributed by atoms with E-state index in [0.29, 0.717) is 27.2 Å². The number of hydrogen-bond acceptors (Lipinski definition) is 1. The van der Waals surface area contributed by atoms with Crippen LogP contribution in [0.4, 0.5) is 4.39 Å². The molecule has 0 fully saturated rings. The van der Waals surface area contributed by atoms with Crippen LogP contribution in [0.25, 0.3) is 0 Å². The molecule has 1 atom stereocenters. The lowest BCUT2D eigenvalue weighted by Gasteiger charge is -2.23. The van der Waals surface area contributed by atoms with Crippen LogP contribution in [0.3, 0.4) is 0 Å². The summed E-state index contributed by atoms with van der Waals surface area (Å²) in [7, 11) is 0. The number of nitrogens with one attached hydrogen (secondary N) is 1. The Morgan fingerprint density at radius 2 is 1.71 bits per heavy atom. The van der Waals surface area contributed by atoms with Crippen LogP contribution in [0, 0.1) is 12.7 Å². The minimum Gasteiger partial charge on any atom is -0.306 e. The lowest BCUT2D eigenvalue weighted by atomic mass is 9.96. The summed E-state index contributed by atoms with van der Waals surface area (Å²) in [6, 6.07) is 8.10. The fourth-order valence-corrected chi connectivity index (χ4v) is 3.13. The van der Waals surface area contributed by atoms with Gasteiger partial charge in [0.2, 0.25) is 0 Å². The van der Waals surface area contributed by atoms with Crippen molar-refractivity contribution in [3.05, 3.63) is 67.9 Å². The first-order valence-electron chi connectivity index (χ1n) is 6.58. The molecule has 0 amide bonds. The number of benzene rings is 2. The van der Waals surface area contributed by atoms with E-state index in [1.54, 1.807) is 31.2 Å². The number of aryl methyl sites for hydroxylation is 1. The number of hydrogen-bond donors (Lipinski definition) is 1. The Morgan fingerprint density at radius 3 is 2.29 bits per heavy atom. The Labute approximate surface area is 139 Å². The molecule has 112 valence electrons. The Kier molecular flexibility index (Phi) is 5.50. The maximum atomic E-state index is 13.6. The molecule has 0 bridgehead atoms. The molecule has 0 aliphatic heterocycles. The minimum absolute atomic E-state index is 0.289. The van der Waals surface area contributed by atoms with E-state index in [0.717, 1.165) is 11.1 Å². The van der Waals surface area contributed by atoms with Gasteiger partial charge in [-0.25, -0.2) is 4.39 Å². The van der Waals surface area contributed by atoms with Gasteiger partial charge in [0, 0.05) is 20.6 Å². The van der Waals surface area contributed by atoms with E-state index in [4.69, 9.17) is 34.8 Å². The molecule has 1 unspecified atom stereocenters. The average Bonchev–Trinajstić information content (AvgIpc) is 2.42. The van der Waals surface area contributed by atoms with Crippen molar-refractivity contribution in [3.8, 4) is 0 Å². The Hall–Kier alpha value is -0.800. The first kappa shape index (κ1) is 16.6. The molecule has 1 N–H and O–H groups in total. The smallest absolute Gasteiger partial charge is 0.127 e. The van der Waals surface area contributed by atoms with Crippen LogP contribution in [-0.2, 0) is 0 Å². The molecule has 2 aromatic rings. The minimum atomic E-state index is -0.329. The fraction of sp³-hybridized carbons (Fsp3) is 0.250. The SMILES string of the molecule is CCNC(c1cc(C)c(F)cc1Cl)c1c(Cl)cccc1Cl. The van der Waals surface area contributed by atoms with Crippen molar-refractivity contribution in [1.29, 1.82) is 0 Å². The van der Waals surface area contributed by atoms with Crippen LogP contribution in [-0.4, -0.2) is 6.54 Å². The predicted molar refractivity (Wildman–Crippen MR) is 88.1 cm³/mol. The van der Waals surface area contributed by atoms with E-state index >= 15 is 0 Å². The number of rotatable bonds is 4. The summed E-state index contributed by atoms with van der Waals surface area (Å²) in [4.78, 5) is 0. The summed E-state index contributed by atoms with van der Waals surface area (Å²) >= 11 is 18.8. The van der Waals surface area contributed by atoms with Crippen LogP contribution in [0.1, 0.15) is 29.7 Å². The summed E-state index contributed by atoms with van der Waals surface area (Å²) in [6.45, 7) is 4.37. The normalized spacial score (nSPS) is 12.5. The molecule has 0 radical (unpaired) electrons. The second-order valence-corrected chi connectivity index (χ2v) is 5.97. The zero-order valence-corrected chi connectivity index (χ0v) is 14.0. The molecule has 0 spiro atoms. The van der Waals surface area contributed by atoms with Gasteiger partial charge in [0.05, 0.1) is 6.04 Å². The monoisotopic (exact) mass is 345 g/mol. The van der Waals surface area contributed by atoms with Gasteiger partial charge in [-0.2, -0.15) is 0 Å². The fourth-order valence-electron chi connectivity index (χ4n) is 2.26. The van der Waals surface area contributed by atoms with E-state index < -0.39 is 0 Å². The Balaban J connectivity index is 2.62. The third kappa shape index (κ3) is 3.51. The van der Waals surface area contributed by atoms with Crippen molar-refractivity contribution >= 4 is 34.8 Å². The quantitative estimate of drug-likeness (QED) is 0.738. The summed E-state index contributed by atoms with van der Waals surface area (Å²) in [5.74, 6) is -0.329. The molecule has 0 saturated heterocycles. The molecule has 2 rings (SSSR count). The third-order valence-electron chi connectivity index (χ3n) is 3.29. The van der Waals surface area contributed by atoms with Crippen LogP contribution in [0.5, 0.6) is 0 Å². The van der Waals surface area contributed by atoms with E-state index in [-0.39, 0.29) is 11.9 Å². The molecular formula is C16H15Cl3FN. The maximum Gasteiger partial charge on any atom is 0.127 e. The lowest BCUT2D eigenvalue weighted by Crippen LogP contribution is -2.23. The summed E-state index contributed by atoms with van der Waals surface area (Å²) in [6.07, 6.45) is 0. The maximum absolute atomic E-state index is 13.6. The highest BCUT2D eigenvalue weighted by Crippen LogP contribution is 2.37. The molecule has 21 heavy (non-hydrogen) atoms. The second kappa shape index (κ2) is 6.97. The Bertz CT molecular complexity index is 638. The van der Waals surface area contributed by atoms with Gasteiger partial charge in [-0.15, -0.1) is 0 Å². The van der Waals surface area contributed by atoms with Crippen LogP contribution in [0.15, 0.2) is 30.3 Å². The summed E-state index contributed by atoms with van der Waals surface area (Å²) < 4.78 is 13.6. The van der Waals surface area contributed by atoms with E-state index in [1.807, 2.05) is 6.92 Å². The van der Waals surface area contributed by atoms with Gasteiger partial charge in [0.1, 0.15) is 5.82 Å². The van der Waals surface area contributed by atoms with Gasteiger partial charge in [-0.05, 0) is 48.9 Å². The molecular weight excluding hydrogens is 332 g/mol. The van der Waals surface area contributed by atoms with Crippen molar-refractivity contribution in [2.24, 2.45) is 0 Å². The highest BCUT2D eigenvalue weighted by Gasteiger charge is 2.22. The van der Waals surface area contributed by atoms with Gasteiger partial charge in [0.15, 0.2) is 0 Å². The van der Waals surface area contributed by atoms with Gasteiger partial charge in [0.25, 0.3) is 0 Å². The molecule has 5 heteroatoms. The van der Waals surface area contributed by atoms with Gasteiger partial charge < -0.3 is 5.32 Å². The molecule has 0 heterocycles. The van der Waals surface area contributed by atoms with E-state index in [9.17, 15) is 4.39 Å². The molecule has 0 aliphatic carbocycles. The first-order chi connectivity index (χ1) is 9.95. The molecule has 0 saturated carbocycles. The van der Waals surface area contributed by atoms with Crippen molar-refractivity contribution < 1.29 is 4.39 Å². The second-order valence-electron chi connectivity index (χ2n) is 4.75. The first-order valence-corrected chi connectivity index (χ1v) is 7.72. The average molecular weight is 347 g/mol. The predicted octanol–water partition coefficient (Wildman–Crippen LogP) is 5.79. The highest BCUT2D eigenvalue weighted by molar-refractivity contribution is 6.36. The molecule has 2 aromatic carbocycles. The van der Waals surface area contributed by atoms with Crippen molar-refractivity contribution in [2.75, 3.05) is 6.54 Å². The van der Waals surface area contributed by atoms with Crippen LogP contribution < -0.4 is 5.32 Å². The van der Waals surface area contributed by atoms with Gasteiger partial charge in [-0.3, -0.25) is 0 Å². The largest absolute Gasteiger partial charge is 0.306 e. The number of halogens is 4. The summed E-state index contributed by atoms with van der Waals surface area (Å²) in [5, 5.41) is 4.75. The van der Waals surface area contributed by atoms with Crippen LogP contribution >= 0.6 is 34.8 Å². The van der Waals surface area contributed by atoms with Crippen molar-refractivity contribution in [1.82, 2.24) is 5.32 Å². The molecule has 1 nitrogen and oxygen atoms in total. The van der Waals surface area contributed by atoms with Gasteiger partial charge >= 0.3 is 0 Å². The van der Waals surface area contributed by atoms with E-state index in [1.165, 1.54) is 6.07 Å². The van der Waals surface area contributed by atoms with E-state index in [2.05, 4.69) is 5.32 Å². The zero-order valence-electron chi connectivity index (χ0n) is 11.7. The lowest BCUT2D eigenvalue weighted by molar-refractivity contribution is 0.607. The van der Waals surface area contributed by atoms with Crippen molar-refractivity contribution in [3.63, 3.8) is 0 Å². The third-order valence-corrected chi connectivity index (χ3v) is 4.27. The van der Waals surface area contributed by atoms with Crippen LogP contribution in [0.2, 0.25) is 15.1 Å². The topological polar surface area (TPSA) is 12.0 Å².